The van der Waals surface area contributed by atoms with Crippen molar-refractivity contribution >= 4 is 57.8 Å². The van der Waals surface area contributed by atoms with E-state index < -0.39 is 41.9 Å². The maximum absolute atomic E-state index is 12.1. The number of carbonyl (C=O) groups is 2. The van der Waals surface area contributed by atoms with Crippen LogP contribution in [0.15, 0.2) is 112 Å². The summed E-state index contributed by atoms with van der Waals surface area (Å²) in [7, 11) is -10.9. The number of alkyl halides is 1. The Labute approximate surface area is 285 Å². The third kappa shape index (κ3) is 10.8. The van der Waals surface area contributed by atoms with Gasteiger partial charge in [-0.1, -0.05) is 64.5 Å². The number of benzene rings is 4. The average molecular weight is 785 g/mol. The molecule has 1 aliphatic heterocycles. The summed E-state index contributed by atoms with van der Waals surface area (Å²) in [6.07, 6.45) is 0. The highest BCUT2D eigenvalue weighted by Gasteiger charge is 2.36. The van der Waals surface area contributed by atoms with Crippen LogP contribution < -0.4 is 21.3 Å². The molecule has 0 bridgehead atoms. The van der Waals surface area contributed by atoms with Gasteiger partial charge in [0.1, 0.15) is 6.61 Å². The molecular weight excluding hydrogens is 754 g/mol. The summed E-state index contributed by atoms with van der Waals surface area (Å²) < 4.78 is 65.6. The Kier molecular flexibility index (Phi) is 13.2. The van der Waals surface area contributed by atoms with Crippen LogP contribution >= 0.6 is 15.9 Å². The predicted octanol–water partition coefficient (Wildman–Crippen LogP) is 2.02. The summed E-state index contributed by atoms with van der Waals surface area (Å²) in [6, 6.07) is 24.5. The number of carbonyl (C=O) groups excluding carboxylic acids is 2. The van der Waals surface area contributed by atoms with Crippen LogP contribution in [0.4, 0.5) is 0 Å². The van der Waals surface area contributed by atoms with Gasteiger partial charge in [0.05, 0.1) is 32.4 Å². The minimum absolute atomic E-state index is 0.0259. The fourth-order valence-corrected chi connectivity index (χ4v) is 5.76. The van der Waals surface area contributed by atoms with Crippen LogP contribution in [0.25, 0.3) is 0 Å². The zero-order valence-corrected chi connectivity index (χ0v) is 28.8. The molecule has 1 heterocycles. The Morgan fingerprint density at radius 2 is 0.875 bits per heavy atom. The van der Waals surface area contributed by atoms with E-state index in [-0.39, 0.29) is 27.9 Å². The molecule has 48 heavy (non-hydrogen) atoms. The van der Waals surface area contributed by atoms with Crippen LogP contribution in [0.2, 0.25) is 0 Å². The highest BCUT2D eigenvalue weighted by atomic mass is 79.9. The lowest BCUT2D eigenvalue weighted by atomic mass is 10.1. The van der Waals surface area contributed by atoms with Crippen molar-refractivity contribution in [1.82, 2.24) is 5.06 Å². The molecule has 0 aliphatic carbocycles. The number of hydrogen-bond acceptors (Lipinski definition) is 11. The molecule has 15 nitrogen and oxygen atoms in total. The number of amides is 2. The number of sulfonamides is 3. The summed E-state index contributed by atoms with van der Waals surface area (Å²) in [5.41, 5.74) is 2.98. The third-order valence-corrected chi connectivity index (χ3v) is 9.71. The fraction of sp³-hybridized carbons (Fsp3) is 0.103. The molecule has 0 saturated carbocycles. The summed E-state index contributed by atoms with van der Waals surface area (Å²) in [4.78, 5) is 34.0. The van der Waals surface area contributed by atoms with E-state index in [0.717, 1.165) is 11.1 Å². The summed E-state index contributed by atoms with van der Waals surface area (Å²) in [5, 5.41) is 16.2. The van der Waals surface area contributed by atoms with Gasteiger partial charge in [-0.3, -0.25) is 19.3 Å². The lowest BCUT2D eigenvalue weighted by Crippen LogP contribution is -2.29. The van der Waals surface area contributed by atoms with Crippen molar-refractivity contribution in [2.75, 3.05) is 0 Å². The number of hydrogen-bond donors (Lipinski definition) is 4. The van der Waals surface area contributed by atoms with Crippen molar-refractivity contribution in [3.05, 3.63) is 125 Å². The van der Waals surface area contributed by atoms with Crippen LogP contribution in [0.5, 0.6) is 0 Å². The van der Waals surface area contributed by atoms with E-state index in [2.05, 4.69) is 20.8 Å². The van der Waals surface area contributed by atoms with Crippen LogP contribution in [0, 0.1) is 0 Å². The van der Waals surface area contributed by atoms with Crippen molar-refractivity contribution < 1.29 is 44.5 Å². The number of hydroxylamine groups is 2. The second-order valence-corrected chi connectivity index (χ2v) is 15.0. The first kappa shape index (κ1) is 38.6. The van der Waals surface area contributed by atoms with Crippen molar-refractivity contribution in [2.45, 2.75) is 33.2 Å². The standard InChI is InChI=1S/C15H12N2O5S.C7H8BrNO2S.C7H10N2O3S/c16-23(20,21)11-7-5-10(6-8-11)9-22-17-14(18)12-3-1-2-4-13(12)15(17)19;8-5-6-1-3-7(4-2-6)12(9,10)11;8-12-5-6-1-3-7(4-2-6)13(9,10)11/h1-8H,9H2,(H2,16,20,21);1-4H,5H2,(H2,9,10,11);1-4H,5,8H2,(H2,9,10,11). The number of fused-ring (bicyclic) bond motifs is 1. The predicted molar refractivity (Wildman–Crippen MR) is 177 cm³/mol. The van der Waals surface area contributed by atoms with Gasteiger partial charge in [-0.25, -0.2) is 46.6 Å². The first-order valence-electron chi connectivity index (χ1n) is 13.3. The molecule has 0 unspecified atom stereocenters. The molecule has 5 rings (SSSR count). The fourth-order valence-electron chi connectivity index (χ4n) is 3.84. The lowest BCUT2D eigenvalue weighted by Gasteiger charge is -2.13. The molecule has 0 atom stereocenters. The van der Waals surface area contributed by atoms with Crippen LogP contribution in [-0.4, -0.2) is 42.1 Å². The lowest BCUT2D eigenvalue weighted by molar-refractivity contribution is -0.101. The minimum Gasteiger partial charge on any atom is -0.300 e. The van der Waals surface area contributed by atoms with E-state index in [9.17, 15) is 34.8 Å². The Balaban J connectivity index is 0.000000213. The molecular formula is C29H30BrN5O10S3. The Morgan fingerprint density at radius 3 is 1.19 bits per heavy atom. The van der Waals surface area contributed by atoms with Gasteiger partial charge in [0.2, 0.25) is 30.1 Å². The second kappa shape index (κ2) is 16.5. The van der Waals surface area contributed by atoms with Crippen molar-refractivity contribution in [3.63, 3.8) is 0 Å². The summed E-state index contributed by atoms with van der Waals surface area (Å²) in [6.45, 7) is 0.182. The SMILES string of the molecule is NOCc1ccc(S(N)(=O)=O)cc1.NS(=O)(=O)c1ccc(CBr)cc1.NS(=O)(=O)c1ccc(CON2C(=O)c3ccccc3C2=O)cc1. The Morgan fingerprint density at radius 1 is 0.542 bits per heavy atom. The molecule has 4 aromatic rings. The van der Waals surface area contributed by atoms with Crippen LogP contribution in [0.1, 0.15) is 37.4 Å². The molecule has 19 heteroatoms. The first-order valence-corrected chi connectivity index (χ1v) is 19.1. The number of primary sulfonamides is 3. The maximum atomic E-state index is 12.1. The van der Waals surface area contributed by atoms with Gasteiger partial charge < -0.3 is 0 Å². The highest BCUT2D eigenvalue weighted by Crippen LogP contribution is 2.23. The molecule has 0 aromatic heterocycles. The van der Waals surface area contributed by atoms with Gasteiger partial charge in [0, 0.05) is 5.33 Å². The first-order chi connectivity index (χ1) is 22.5. The highest BCUT2D eigenvalue weighted by molar-refractivity contribution is 9.08. The number of imide groups is 1. The van der Waals surface area contributed by atoms with Crippen LogP contribution in [-0.2, 0) is 58.3 Å². The normalized spacial score (nSPS) is 12.8. The molecule has 1 aliphatic rings. The van der Waals surface area contributed by atoms with Gasteiger partial charge in [0.25, 0.3) is 11.8 Å². The zero-order chi connectivity index (χ0) is 35.7. The van der Waals surface area contributed by atoms with E-state index in [1.165, 1.54) is 48.5 Å². The van der Waals surface area contributed by atoms with Gasteiger partial charge in [0.15, 0.2) is 0 Å². The van der Waals surface area contributed by atoms with Gasteiger partial charge in [-0.05, 0) is 65.2 Å². The van der Waals surface area contributed by atoms with Crippen molar-refractivity contribution in [2.24, 2.45) is 21.3 Å². The molecule has 0 saturated heterocycles. The molecule has 256 valence electrons. The number of nitrogens with zero attached hydrogens (tertiary/aromatic N) is 1. The third-order valence-electron chi connectivity index (χ3n) is 6.28. The number of halogens is 1. The number of rotatable bonds is 9. The van der Waals surface area contributed by atoms with Gasteiger partial charge in [-0.15, -0.1) is 5.06 Å². The quantitative estimate of drug-likeness (QED) is 0.108. The molecule has 0 spiro atoms. The summed E-state index contributed by atoms with van der Waals surface area (Å²) >= 11 is 3.25. The molecule has 0 fully saturated rings. The largest absolute Gasteiger partial charge is 0.300 e. The topological polar surface area (TPSA) is 262 Å². The van der Waals surface area contributed by atoms with E-state index in [1.807, 2.05) is 0 Å². The van der Waals surface area contributed by atoms with E-state index >= 15 is 0 Å². The minimum atomic E-state index is -3.76. The van der Waals surface area contributed by atoms with E-state index in [0.29, 0.717) is 27.1 Å². The Bertz CT molecular complexity index is 2040. The monoisotopic (exact) mass is 783 g/mol. The molecule has 8 N–H and O–H groups in total. The van der Waals surface area contributed by atoms with Crippen molar-refractivity contribution in [3.8, 4) is 0 Å². The maximum Gasteiger partial charge on any atom is 0.285 e. The van der Waals surface area contributed by atoms with Gasteiger partial charge >= 0.3 is 0 Å². The second-order valence-electron chi connectivity index (χ2n) is 9.74. The molecule has 4 aromatic carbocycles. The smallest absolute Gasteiger partial charge is 0.285 e. The van der Waals surface area contributed by atoms with Crippen molar-refractivity contribution in [1.29, 1.82) is 0 Å². The van der Waals surface area contributed by atoms with Crippen LogP contribution in [0.3, 0.4) is 0 Å². The molecule has 2 amide bonds. The van der Waals surface area contributed by atoms with Gasteiger partial charge in [-0.2, -0.15) is 0 Å². The van der Waals surface area contributed by atoms with E-state index in [4.69, 9.17) is 26.2 Å². The zero-order valence-electron chi connectivity index (χ0n) is 24.8. The molecule has 0 radical (unpaired) electrons. The average Bonchev–Trinajstić information content (AvgIpc) is 3.28. The number of nitrogens with two attached hydrogens (primary N) is 4. The summed E-state index contributed by atoms with van der Waals surface area (Å²) in [5.74, 6) is 3.80. The van der Waals surface area contributed by atoms with E-state index in [1.54, 1.807) is 48.5 Å². The Hall–Kier alpha value is -3.89.